The third-order valence-corrected chi connectivity index (χ3v) is 4.40. The van der Waals surface area contributed by atoms with E-state index in [1.54, 1.807) is 18.9 Å². The highest BCUT2D eigenvalue weighted by Crippen LogP contribution is 2.35. The Morgan fingerprint density at radius 2 is 1.85 bits per heavy atom. The predicted molar refractivity (Wildman–Crippen MR) is 98.3 cm³/mol. The Morgan fingerprint density at radius 3 is 2.38 bits per heavy atom. The number of methoxy groups -OCH3 is 1. The van der Waals surface area contributed by atoms with E-state index in [-0.39, 0.29) is 18.0 Å². The van der Waals surface area contributed by atoms with E-state index in [9.17, 15) is 9.59 Å². The highest BCUT2D eigenvalue weighted by Gasteiger charge is 2.39. The predicted octanol–water partition coefficient (Wildman–Crippen LogP) is 3.60. The third kappa shape index (κ3) is 5.13. The van der Waals surface area contributed by atoms with E-state index in [2.05, 4.69) is 0 Å². The number of hydrogen-bond acceptors (Lipinski definition) is 5. The zero-order valence-electron chi connectivity index (χ0n) is 16.3. The third-order valence-electron chi connectivity index (χ3n) is 4.40. The van der Waals surface area contributed by atoms with Crippen LogP contribution in [-0.2, 0) is 14.3 Å². The summed E-state index contributed by atoms with van der Waals surface area (Å²) in [6.45, 7) is 8.44. The van der Waals surface area contributed by atoms with E-state index in [0.717, 1.165) is 11.3 Å². The monoisotopic (exact) mass is 363 g/mol. The molecule has 1 amide bonds. The number of rotatable bonds is 4. The first-order chi connectivity index (χ1) is 12.2. The van der Waals surface area contributed by atoms with E-state index in [1.807, 2.05) is 45.0 Å². The average Bonchev–Trinajstić information content (AvgIpc) is 2.60. The number of hydrogen-bond donors (Lipinski definition) is 0. The van der Waals surface area contributed by atoms with Gasteiger partial charge in [-0.1, -0.05) is 12.1 Å². The van der Waals surface area contributed by atoms with Crippen LogP contribution in [-0.4, -0.2) is 49.4 Å². The zero-order chi connectivity index (χ0) is 19.3. The molecule has 1 aliphatic rings. The summed E-state index contributed by atoms with van der Waals surface area (Å²) in [6.07, 6.45) is 0.287. The molecule has 0 radical (unpaired) electrons. The normalized spacial score (nSPS) is 20.4. The quantitative estimate of drug-likeness (QED) is 0.765. The smallest absolute Gasteiger partial charge is 0.410 e. The first kappa shape index (κ1) is 20.1. The van der Waals surface area contributed by atoms with Crippen molar-refractivity contribution in [1.82, 2.24) is 4.90 Å². The van der Waals surface area contributed by atoms with Crippen LogP contribution in [0.5, 0.6) is 5.75 Å². The van der Waals surface area contributed by atoms with Gasteiger partial charge in [0.15, 0.2) is 0 Å². The number of amides is 1. The summed E-state index contributed by atoms with van der Waals surface area (Å²) in [6, 6.07) is 7.72. The number of benzene rings is 1. The zero-order valence-corrected chi connectivity index (χ0v) is 16.3. The highest BCUT2D eigenvalue weighted by atomic mass is 16.6. The van der Waals surface area contributed by atoms with Crippen LogP contribution in [0.1, 0.15) is 45.6 Å². The molecule has 6 heteroatoms. The van der Waals surface area contributed by atoms with E-state index in [1.165, 1.54) is 0 Å². The molecule has 0 N–H and O–H groups in total. The molecule has 1 aromatic rings. The van der Waals surface area contributed by atoms with Crippen molar-refractivity contribution in [1.29, 1.82) is 0 Å². The van der Waals surface area contributed by atoms with Gasteiger partial charge in [-0.3, -0.25) is 4.79 Å². The first-order valence-electron chi connectivity index (χ1n) is 9.03. The van der Waals surface area contributed by atoms with Gasteiger partial charge in [0.1, 0.15) is 11.4 Å². The number of ether oxygens (including phenoxy) is 3. The SMILES string of the molecule is CCOC(=O)[C@H]1CN(C(=O)OC(C)(C)C)CC[C@@H]1c1ccc(OC)cc1. The van der Waals surface area contributed by atoms with E-state index in [4.69, 9.17) is 14.2 Å². The van der Waals surface area contributed by atoms with Gasteiger partial charge in [0.05, 0.1) is 19.6 Å². The molecule has 26 heavy (non-hydrogen) atoms. The molecule has 6 nitrogen and oxygen atoms in total. The second-order valence-corrected chi connectivity index (χ2v) is 7.45. The molecule has 0 unspecified atom stereocenters. The lowest BCUT2D eigenvalue weighted by Crippen LogP contribution is -2.47. The van der Waals surface area contributed by atoms with Crippen molar-refractivity contribution in [3.63, 3.8) is 0 Å². The molecule has 0 bridgehead atoms. The molecule has 1 aliphatic heterocycles. The Balaban J connectivity index is 2.18. The molecule has 2 rings (SSSR count). The summed E-state index contributed by atoms with van der Waals surface area (Å²) >= 11 is 0. The minimum Gasteiger partial charge on any atom is -0.497 e. The lowest BCUT2D eigenvalue weighted by molar-refractivity contribution is -0.150. The van der Waals surface area contributed by atoms with E-state index < -0.39 is 11.5 Å². The van der Waals surface area contributed by atoms with Crippen LogP contribution in [0, 0.1) is 5.92 Å². The maximum absolute atomic E-state index is 12.5. The highest BCUT2D eigenvalue weighted by molar-refractivity contribution is 5.76. The van der Waals surface area contributed by atoms with Gasteiger partial charge >= 0.3 is 12.1 Å². The lowest BCUT2D eigenvalue weighted by atomic mass is 9.80. The average molecular weight is 363 g/mol. The van der Waals surface area contributed by atoms with Crippen LogP contribution in [0.15, 0.2) is 24.3 Å². The molecular weight excluding hydrogens is 334 g/mol. The number of likely N-dealkylation sites (tertiary alicyclic amines) is 1. The second kappa shape index (κ2) is 8.43. The molecule has 0 saturated carbocycles. The fourth-order valence-electron chi connectivity index (χ4n) is 3.18. The maximum Gasteiger partial charge on any atom is 0.410 e. The molecule has 144 valence electrons. The largest absolute Gasteiger partial charge is 0.497 e. The Morgan fingerprint density at radius 1 is 1.19 bits per heavy atom. The van der Waals surface area contributed by atoms with Crippen LogP contribution in [0.2, 0.25) is 0 Å². The van der Waals surface area contributed by atoms with Crippen LogP contribution < -0.4 is 4.74 Å². The van der Waals surface area contributed by atoms with Gasteiger partial charge in [-0.15, -0.1) is 0 Å². The second-order valence-electron chi connectivity index (χ2n) is 7.45. The van der Waals surface area contributed by atoms with Crippen molar-refractivity contribution in [2.75, 3.05) is 26.8 Å². The topological polar surface area (TPSA) is 65.1 Å². The van der Waals surface area contributed by atoms with Crippen LogP contribution in [0.3, 0.4) is 0 Å². The van der Waals surface area contributed by atoms with Crippen molar-refractivity contribution < 1.29 is 23.8 Å². The van der Waals surface area contributed by atoms with Gasteiger partial charge in [-0.25, -0.2) is 4.79 Å². The summed E-state index contributed by atoms with van der Waals surface area (Å²) in [5.41, 5.74) is 0.483. The van der Waals surface area contributed by atoms with Crippen molar-refractivity contribution in [3.8, 4) is 5.75 Å². The fraction of sp³-hybridized carbons (Fsp3) is 0.600. The molecule has 0 aromatic heterocycles. The Bertz CT molecular complexity index is 620. The lowest BCUT2D eigenvalue weighted by Gasteiger charge is -2.38. The summed E-state index contributed by atoms with van der Waals surface area (Å²) in [7, 11) is 1.62. The van der Waals surface area contributed by atoms with Crippen molar-refractivity contribution in [2.45, 2.75) is 45.6 Å². The van der Waals surface area contributed by atoms with Crippen LogP contribution >= 0.6 is 0 Å². The summed E-state index contributed by atoms with van der Waals surface area (Å²) in [5, 5.41) is 0. The minimum atomic E-state index is -0.566. The Hall–Kier alpha value is -2.24. The summed E-state index contributed by atoms with van der Waals surface area (Å²) in [5.74, 6) is 0.0810. The molecule has 1 heterocycles. The van der Waals surface area contributed by atoms with Crippen molar-refractivity contribution in [3.05, 3.63) is 29.8 Å². The number of carbonyl (C=O) groups excluding carboxylic acids is 2. The first-order valence-corrected chi connectivity index (χ1v) is 9.03. The Kier molecular flexibility index (Phi) is 6.51. The van der Waals surface area contributed by atoms with E-state index in [0.29, 0.717) is 26.1 Å². The minimum absolute atomic E-state index is 0.00126. The number of piperidine rings is 1. The molecule has 1 fully saturated rings. The molecule has 0 spiro atoms. The van der Waals surface area contributed by atoms with Gasteiger partial charge in [0.2, 0.25) is 0 Å². The van der Waals surface area contributed by atoms with Crippen LogP contribution in [0.25, 0.3) is 0 Å². The molecule has 1 aromatic carbocycles. The van der Waals surface area contributed by atoms with Crippen molar-refractivity contribution in [2.24, 2.45) is 5.92 Å². The maximum atomic E-state index is 12.5. The van der Waals surface area contributed by atoms with Gasteiger partial charge in [0.25, 0.3) is 0 Å². The number of carbonyl (C=O) groups is 2. The van der Waals surface area contributed by atoms with Gasteiger partial charge in [0, 0.05) is 19.0 Å². The Labute approximate surface area is 155 Å². The standard InChI is InChI=1S/C20H29NO5/c1-6-25-18(22)17-13-21(19(23)26-20(2,3)4)12-11-16(17)14-7-9-15(24-5)10-8-14/h7-10,16-17H,6,11-13H2,1-5H3/t16-,17+/m1/s1. The molecule has 1 saturated heterocycles. The summed E-state index contributed by atoms with van der Waals surface area (Å²) in [4.78, 5) is 26.5. The number of nitrogens with zero attached hydrogens (tertiary/aromatic N) is 1. The van der Waals surface area contributed by atoms with Gasteiger partial charge in [-0.05, 0) is 51.8 Å². The van der Waals surface area contributed by atoms with Gasteiger partial charge < -0.3 is 19.1 Å². The van der Waals surface area contributed by atoms with Crippen LogP contribution in [0.4, 0.5) is 4.79 Å². The number of esters is 1. The summed E-state index contributed by atoms with van der Waals surface area (Å²) < 4.78 is 15.9. The molecular formula is C20H29NO5. The fourth-order valence-corrected chi connectivity index (χ4v) is 3.18. The molecule has 2 atom stereocenters. The molecule has 0 aliphatic carbocycles. The van der Waals surface area contributed by atoms with E-state index >= 15 is 0 Å². The van der Waals surface area contributed by atoms with Crippen molar-refractivity contribution >= 4 is 12.1 Å². The van der Waals surface area contributed by atoms with Gasteiger partial charge in [-0.2, -0.15) is 0 Å².